The van der Waals surface area contributed by atoms with E-state index in [0.717, 1.165) is 31.2 Å². The van der Waals surface area contributed by atoms with E-state index in [9.17, 15) is 10.1 Å². The van der Waals surface area contributed by atoms with Gasteiger partial charge < -0.3 is 0 Å². The van der Waals surface area contributed by atoms with Gasteiger partial charge in [0.05, 0.1) is 16.6 Å². The quantitative estimate of drug-likeness (QED) is 0.455. The van der Waals surface area contributed by atoms with Gasteiger partial charge in [-0.3, -0.25) is 10.1 Å². The minimum absolute atomic E-state index is 0.135. The standard InChI is InChI=1S/C17H16N2O2/c18-13-16-7-5-14(6-8-16)3-1-2-4-15-9-11-17(12-10-15)19(20)21/h5-12H,1-4H2. The number of nitro groups is 1. The molecule has 4 nitrogen and oxygen atoms in total. The molecular formula is C17H16N2O2. The molecule has 2 aromatic carbocycles. The Labute approximate surface area is 123 Å². The second-order valence-electron chi connectivity index (χ2n) is 4.94. The second kappa shape index (κ2) is 7.20. The van der Waals surface area contributed by atoms with E-state index in [4.69, 9.17) is 5.26 Å². The number of nitro benzene ring substituents is 1. The normalized spacial score (nSPS) is 10.0. The van der Waals surface area contributed by atoms with Crippen LogP contribution >= 0.6 is 0 Å². The fourth-order valence-corrected chi connectivity index (χ4v) is 2.19. The molecule has 0 saturated heterocycles. The van der Waals surface area contributed by atoms with Gasteiger partial charge in [0, 0.05) is 12.1 Å². The first-order valence-electron chi connectivity index (χ1n) is 6.91. The third-order valence-electron chi connectivity index (χ3n) is 3.41. The van der Waals surface area contributed by atoms with Crippen molar-refractivity contribution in [2.75, 3.05) is 0 Å². The molecule has 2 aromatic rings. The Balaban J connectivity index is 1.76. The molecule has 0 radical (unpaired) electrons. The lowest BCUT2D eigenvalue weighted by molar-refractivity contribution is -0.384. The molecule has 106 valence electrons. The lowest BCUT2D eigenvalue weighted by atomic mass is 10.0. The van der Waals surface area contributed by atoms with Crippen molar-refractivity contribution in [2.24, 2.45) is 0 Å². The Hall–Kier alpha value is -2.67. The van der Waals surface area contributed by atoms with Crippen molar-refractivity contribution in [3.05, 3.63) is 75.3 Å². The molecule has 0 aliphatic rings. The number of nitrogens with zero attached hydrogens (tertiary/aromatic N) is 2. The molecule has 0 saturated carbocycles. The van der Waals surface area contributed by atoms with Crippen LogP contribution < -0.4 is 0 Å². The van der Waals surface area contributed by atoms with E-state index in [1.54, 1.807) is 12.1 Å². The maximum Gasteiger partial charge on any atom is 0.269 e. The van der Waals surface area contributed by atoms with Crippen molar-refractivity contribution < 1.29 is 4.92 Å². The molecule has 0 aliphatic heterocycles. The summed E-state index contributed by atoms with van der Waals surface area (Å²) in [6.07, 6.45) is 4.01. The first-order chi connectivity index (χ1) is 10.2. The number of benzene rings is 2. The van der Waals surface area contributed by atoms with Crippen LogP contribution in [0.5, 0.6) is 0 Å². The van der Waals surface area contributed by atoms with Gasteiger partial charge in [-0.25, -0.2) is 0 Å². The number of nitriles is 1. The Morgan fingerprint density at radius 1 is 0.905 bits per heavy atom. The number of hydrogen-bond donors (Lipinski definition) is 0. The maximum absolute atomic E-state index is 10.6. The summed E-state index contributed by atoms with van der Waals surface area (Å²) in [5.74, 6) is 0. The molecule has 0 fully saturated rings. The molecule has 0 spiro atoms. The molecule has 2 rings (SSSR count). The number of hydrogen-bond acceptors (Lipinski definition) is 3. The topological polar surface area (TPSA) is 66.9 Å². The molecule has 21 heavy (non-hydrogen) atoms. The van der Waals surface area contributed by atoms with E-state index >= 15 is 0 Å². The summed E-state index contributed by atoms with van der Waals surface area (Å²) < 4.78 is 0. The van der Waals surface area contributed by atoms with E-state index in [1.807, 2.05) is 36.4 Å². The summed E-state index contributed by atoms with van der Waals surface area (Å²) in [4.78, 5) is 10.2. The summed E-state index contributed by atoms with van der Waals surface area (Å²) in [6, 6.07) is 16.5. The Bertz CT molecular complexity index is 640. The predicted octanol–water partition coefficient (Wildman–Crippen LogP) is 4.03. The lowest BCUT2D eigenvalue weighted by Crippen LogP contribution is -1.91. The van der Waals surface area contributed by atoms with Crippen LogP contribution in [0.3, 0.4) is 0 Å². The van der Waals surface area contributed by atoms with Crippen LogP contribution in [0, 0.1) is 21.4 Å². The first kappa shape index (κ1) is 14.7. The summed E-state index contributed by atoms with van der Waals surface area (Å²) >= 11 is 0. The van der Waals surface area contributed by atoms with Crippen LogP contribution in [0.4, 0.5) is 5.69 Å². The van der Waals surface area contributed by atoms with Crippen LogP contribution in [-0.2, 0) is 12.8 Å². The molecule has 0 amide bonds. The zero-order valence-electron chi connectivity index (χ0n) is 11.7. The van der Waals surface area contributed by atoms with E-state index in [1.165, 1.54) is 5.56 Å². The van der Waals surface area contributed by atoms with Crippen molar-refractivity contribution in [3.8, 4) is 6.07 Å². The van der Waals surface area contributed by atoms with Gasteiger partial charge >= 0.3 is 0 Å². The molecular weight excluding hydrogens is 264 g/mol. The van der Waals surface area contributed by atoms with E-state index < -0.39 is 0 Å². The highest BCUT2D eigenvalue weighted by Crippen LogP contribution is 2.14. The van der Waals surface area contributed by atoms with Gasteiger partial charge in [-0.15, -0.1) is 0 Å². The van der Waals surface area contributed by atoms with Gasteiger partial charge in [-0.1, -0.05) is 24.3 Å². The van der Waals surface area contributed by atoms with Gasteiger partial charge in [0.1, 0.15) is 0 Å². The first-order valence-corrected chi connectivity index (χ1v) is 6.91. The van der Waals surface area contributed by atoms with Gasteiger partial charge in [0.25, 0.3) is 5.69 Å². The number of aryl methyl sites for hydroxylation is 2. The molecule has 0 unspecified atom stereocenters. The van der Waals surface area contributed by atoms with E-state index in [2.05, 4.69) is 6.07 Å². The summed E-state index contributed by atoms with van der Waals surface area (Å²) in [5.41, 5.74) is 3.18. The van der Waals surface area contributed by atoms with E-state index in [-0.39, 0.29) is 10.6 Å². The Morgan fingerprint density at radius 3 is 1.81 bits per heavy atom. The van der Waals surface area contributed by atoms with Crippen LogP contribution in [0.2, 0.25) is 0 Å². The molecule has 0 N–H and O–H groups in total. The molecule has 0 aliphatic carbocycles. The fourth-order valence-electron chi connectivity index (χ4n) is 2.19. The van der Waals surface area contributed by atoms with Crippen molar-refractivity contribution in [3.63, 3.8) is 0 Å². The molecule has 0 aromatic heterocycles. The zero-order valence-corrected chi connectivity index (χ0v) is 11.7. The maximum atomic E-state index is 10.6. The van der Waals surface area contributed by atoms with Gasteiger partial charge in [-0.2, -0.15) is 5.26 Å². The summed E-state index contributed by atoms with van der Waals surface area (Å²) in [6.45, 7) is 0. The largest absolute Gasteiger partial charge is 0.269 e. The molecule has 0 atom stereocenters. The number of rotatable bonds is 6. The summed E-state index contributed by atoms with van der Waals surface area (Å²) in [7, 11) is 0. The Kier molecular flexibility index (Phi) is 5.05. The highest BCUT2D eigenvalue weighted by Gasteiger charge is 2.03. The average Bonchev–Trinajstić information content (AvgIpc) is 2.52. The van der Waals surface area contributed by atoms with Crippen molar-refractivity contribution >= 4 is 5.69 Å². The highest BCUT2D eigenvalue weighted by molar-refractivity contribution is 5.33. The molecule has 0 bridgehead atoms. The van der Waals surface area contributed by atoms with Crippen molar-refractivity contribution in [2.45, 2.75) is 25.7 Å². The monoisotopic (exact) mass is 280 g/mol. The fraction of sp³-hybridized carbons (Fsp3) is 0.235. The minimum Gasteiger partial charge on any atom is -0.258 e. The van der Waals surface area contributed by atoms with Gasteiger partial charge in [-0.05, 0) is 48.9 Å². The molecule has 0 heterocycles. The lowest BCUT2D eigenvalue weighted by Gasteiger charge is -2.03. The predicted molar refractivity (Wildman–Crippen MR) is 80.9 cm³/mol. The smallest absolute Gasteiger partial charge is 0.258 e. The number of non-ortho nitro benzene ring substituents is 1. The van der Waals surface area contributed by atoms with Crippen LogP contribution in [0.1, 0.15) is 29.5 Å². The van der Waals surface area contributed by atoms with Crippen LogP contribution in [-0.4, -0.2) is 4.92 Å². The SMILES string of the molecule is N#Cc1ccc(CCCCc2ccc([N+](=O)[O-])cc2)cc1. The highest BCUT2D eigenvalue weighted by atomic mass is 16.6. The third-order valence-corrected chi connectivity index (χ3v) is 3.41. The van der Waals surface area contributed by atoms with E-state index in [0.29, 0.717) is 5.56 Å². The zero-order chi connectivity index (χ0) is 15.1. The van der Waals surface area contributed by atoms with Crippen LogP contribution in [0.15, 0.2) is 48.5 Å². The van der Waals surface area contributed by atoms with Gasteiger partial charge in [0.15, 0.2) is 0 Å². The van der Waals surface area contributed by atoms with Crippen molar-refractivity contribution in [1.29, 1.82) is 5.26 Å². The number of unbranched alkanes of at least 4 members (excludes halogenated alkanes) is 1. The second-order valence-corrected chi connectivity index (χ2v) is 4.94. The van der Waals surface area contributed by atoms with Crippen LogP contribution in [0.25, 0.3) is 0 Å². The minimum atomic E-state index is -0.380. The third kappa shape index (κ3) is 4.43. The van der Waals surface area contributed by atoms with Crippen molar-refractivity contribution in [1.82, 2.24) is 0 Å². The summed E-state index contributed by atoms with van der Waals surface area (Å²) in [5, 5.41) is 19.3. The molecule has 4 heteroatoms. The average molecular weight is 280 g/mol. The Morgan fingerprint density at radius 2 is 1.38 bits per heavy atom. The van der Waals surface area contributed by atoms with Gasteiger partial charge in [0.2, 0.25) is 0 Å².